The van der Waals surface area contributed by atoms with Crippen LogP contribution in [0.3, 0.4) is 0 Å². The highest BCUT2D eigenvalue weighted by molar-refractivity contribution is 7.83. The van der Waals surface area contributed by atoms with E-state index >= 15 is 0 Å². The maximum Gasteiger partial charge on any atom is 0.128 e. The molecule has 1 saturated carbocycles. The molecule has 0 amide bonds. The van der Waals surface area contributed by atoms with Gasteiger partial charge in [-0.05, 0) is 37.8 Å². The van der Waals surface area contributed by atoms with Crippen molar-refractivity contribution < 1.29 is 4.21 Å². The van der Waals surface area contributed by atoms with Crippen molar-refractivity contribution in [2.45, 2.75) is 43.3 Å². The number of fused-ring (bicyclic) bond motifs is 1. The van der Waals surface area contributed by atoms with Gasteiger partial charge in [0, 0.05) is 17.1 Å². The van der Waals surface area contributed by atoms with Gasteiger partial charge in [-0.1, -0.05) is 12.1 Å². The standard InChI is InChI=1S/C15H19N5OS/c1-10-5-6-12-13(7-10)16-8-14(12)22(21)19-15-9-17-20(18-15)11-3-2-4-11/h5-9,11,15-16,18-19H,2-4H2,1H3. The van der Waals surface area contributed by atoms with Crippen molar-refractivity contribution in [1.82, 2.24) is 20.2 Å². The second-order valence-corrected chi connectivity index (χ2v) is 7.10. The number of hydrogen-bond donors (Lipinski definition) is 3. The number of hydrazine groups is 1. The topological polar surface area (TPSA) is 72.5 Å². The van der Waals surface area contributed by atoms with Crippen molar-refractivity contribution in [3.05, 3.63) is 30.0 Å². The first-order valence-electron chi connectivity index (χ1n) is 7.56. The number of aromatic amines is 1. The highest BCUT2D eigenvalue weighted by Gasteiger charge is 2.29. The number of nitrogens with one attached hydrogen (secondary N) is 3. The van der Waals surface area contributed by atoms with Crippen LogP contribution in [0.15, 0.2) is 34.4 Å². The Bertz CT molecular complexity index is 751. The van der Waals surface area contributed by atoms with Crippen LogP contribution in [0, 0.1) is 6.92 Å². The maximum atomic E-state index is 12.6. The number of H-pyrrole nitrogens is 1. The average Bonchev–Trinajstić information content (AvgIpc) is 3.03. The predicted octanol–water partition coefficient (Wildman–Crippen LogP) is 1.77. The summed E-state index contributed by atoms with van der Waals surface area (Å²) in [6.45, 7) is 2.04. The van der Waals surface area contributed by atoms with E-state index in [9.17, 15) is 4.21 Å². The largest absolute Gasteiger partial charge is 0.360 e. The zero-order valence-electron chi connectivity index (χ0n) is 12.4. The first-order chi connectivity index (χ1) is 10.7. The number of nitrogens with zero attached hydrogens (tertiary/aromatic N) is 2. The van der Waals surface area contributed by atoms with E-state index in [0.717, 1.165) is 15.8 Å². The summed E-state index contributed by atoms with van der Waals surface area (Å²) in [5, 5.41) is 7.21. The molecule has 1 aliphatic carbocycles. The maximum absolute atomic E-state index is 12.6. The van der Waals surface area contributed by atoms with Crippen molar-refractivity contribution in [3.63, 3.8) is 0 Å². The Balaban J connectivity index is 1.46. The Morgan fingerprint density at radius 3 is 3.05 bits per heavy atom. The smallest absolute Gasteiger partial charge is 0.128 e. The van der Waals surface area contributed by atoms with Gasteiger partial charge in [0.25, 0.3) is 0 Å². The van der Waals surface area contributed by atoms with E-state index in [0.29, 0.717) is 6.04 Å². The molecular formula is C15H19N5OS. The lowest BCUT2D eigenvalue weighted by Crippen LogP contribution is -2.50. The molecule has 2 aliphatic rings. The second-order valence-electron chi connectivity index (χ2n) is 5.89. The van der Waals surface area contributed by atoms with Crippen molar-refractivity contribution >= 4 is 28.1 Å². The summed E-state index contributed by atoms with van der Waals surface area (Å²) >= 11 is 0. The fourth-order valence-corrected chi connectivity index (χ4v) is 3.80. The molecular weight excluding hydrogens is 298 g/mol. The SMILES string of the molecule is Cc1ccc2c(S(=O)NC3C=NN(C4CCC4)N3)c[nH]c2c1. The van der Waals surface area contributed by atoms with E-state index in [2.05, 4.69) is 26.3 Å². The third-order valence-corrected chi connectivity index (χ3v) is 5.47. The van der Waals surface area contributed by atoms with Crippen LogP contribution in [-0.2, 0) is 11.0 Å². The molecule has 1 aromatic heterocycles. The van der Waals surface area contributed by atoms with Crippen molar-refractivity contribution in [2.24, 2.45) is 5.10 Å². The minimum absolute atomic E-state index is 0.197. The number of benzene rings is 1. The molecule has 0 saturated heterocycles. The third kappa shape index (κ3) is 2.45. The normalized spacial score (nSPS) is 23.1. The Morgan fingerprint density at radius 1 is 1.41 bits per heavy atom. The van der Waals surface area contributed by atoms with Gasteiger partial charge in [0.2, 0.25) is 0 Å². The fourth-order valence-electron chi connectivity index (χ4n) is 2.78. The molecule has 1 fully saturated rings. The summed E-state index contributed by atoms with van der Waals surface area (Å²) < 4.78 is 15.7. The van der Waals surface area contributed by atoms with E-state index in [1.165, 1.54) is 24.8 Å². The van der Waals surface area contributed by atoms with Crippen LogP contribution in [0.25, 0.3) is 10.9 Å². The minimum Gasteiger partial charge on any atom is -0.360 e. The van der Waals surface area contributed by atoms with Crippen LogP contribution in [0.1, 0.15) is 24.8 Å². The summed E-state index contributed by atoms with van der Waals surface area (Å²) in [6.07, 6.45) is 6.98. The zero-order valence-corrected chi connectivity index (χ0v) is 13.2. The summed E-state index contributed by atoms with van der Waals surface area (Å²) in [7, 11) is -1.30. The van der Waals surface area contributed by atoms with Crippen molar-refractivity contribution in [1.29, 1.82) is 0 Å². The van der Waals surface area contributed by atoms with Crippen molar-refractivity contribution in [2.75, 3.05) is 0 Å². The third-order valence-electron chi connectivity index (χ3n) is 4.27. The van der Waals surface area contributed by atoms with Gasteiger partial charge < -0.3 is 4.98 Å². The fraction of sp³-hybridized carbons (Fsp3) is 0.400. The Labute approximate surface area is 131 Å². The molecule has 4 rings (SSSR count). The van der Waals surface area contributed by atoms with Crippen LogP contribution in [0.4, 0.5) is 0 Å². The van der Waals surface area contributed by atoms with Crippen LogP contribution >= 0.6 is 0 Å². The molecule has 2 heterocycles. The van der Waals surface area contributed by atoms with Crippen LogP contribution in [0.5, 0.6) is 0 Å². The average molecular weight is 317 g/mol. The minimum atomic E-state index is -1.30. The lowest BCUT2D eigenvalue weighted by atomic mass is 9.94. The van der Waals surface area contributed by atoms with Gasteiger partial charge in [-0.3, -0.25) is 0 Å². The number of rotatable bonds is 4. The Kier molecular flexibility index (Phi) is 3.48. The quantitative estimate of drug-likeness (QED) is 0.805. The number of hydrogen-bond acceptors (Lipinski definition) is 4. The van der Waals surface area contributed by atoms with Gasteiger partial charge in [0.15, 0.2) is 0 Å². The number of aryl methyl sites for hydroxylation is 1. The molecule has 0 bridgehead atoms. The first-order valence-corrected chi connectivity index (χ1v) is 8.71. The molecule has 0 spiro atoms. The zero-order chi connectivity index (χ0) is 15.1. The molecule has 1 aliphatic heterocycles. The van der Waals surface area contributed by atoms with E-state index in [-0.39, 0.29) is 6.17 Å². The lowest BCUT2D eigenvalue weighted by molar-refractivity contribution is 0.0821. The highest BCUT2D eigenvalue weighted by Crippen LogP contribution is 2.25. The highest BCUT2D eigenvalue weighted by atomic mass is 32.2. The molecule has 2 aromatic rings. The molecule has 6 nitrogen and oxygen atoms in total. The van der Waals surface area contributed by atoms with E-state index in [4.69, 9.17) is 0 Å². The molecule has 3 N–H and O–H groups in total. The molecule has 116 valence electrons. The van der Waals surface area contributed by atoms with Crippen LogP contribution in [-0.4, -0.2) is 32.7 Å². The molecule has 7 heteroatoms. The molecule has 2 unspecified atom stereocenters. The summed E-state index contributed by atoms with van der Waals surface area (Å²) in [6, 6.07) is 6.58. The van der Waals surface area contributed by atoms with Gasteiger partial charge in [0.1, 0.15) is 17.2 Å². The van der Waals surface area contributed by atoms with Gasteiger partial charge in [-0.25, -0.2) is 14.0 Å². The Morgan fingerprint density at radius 2 is 2.27 bits per heavy atom. The van der Waals surface area contributed by atoms with Gasteiger partial charge in [0.05, 0.1) is 17.2 Å². The number of aromatic nitrogens is 1. The van der Waals surface area contributed by atoms with Gasteiger partial charge in [-0.2, -0.15) is 10.5 Å². The lowest BCUT2D eigenvalue weighted by Gasteiger charge is -2.33. The number of hydrazone groups is 1. The van der Waals surface area contributed by atoms with Crippen molar-refractivity contribution in [3.8, 4) is 0 Å². The van der Waals surface area contributed by atoms with E-state index in [1.54, 1.807) is 6.21 Å². The second kappa shape index (κ2) is 5.49. The summed E-state index contributed by atoms with van der Waals surface area (Å²) in [5.74, 6) is 0. The monoisotopic (exact) mass is 317 g/mol. The van der Waals surface area contributed by atoms with Crippen LogP contribution in [0.2, 0.25) is 0 Å². The first kappa shape index (κ1) is 13.9. The Hall–Kier alpha value is -1.70. The van der Waals surface area contributed by atoms with E-state index < -0.39 is 11.0 Å². The molecule has 22 heavy (non-hydrogen) atoms. The molecule has 2 atom stereocenters. The predicted molar refractivity (Wildman–Crippen MR) is 87.5 cm³/mol. The van der Waals surface area contributed by atoms with E-state index in [1.807, 2.05) is 30.4 Å². The summed E-state index contributed by atoms with van der Waals surface area (Å²) in [4.78, 5) is 3.95. The van der Waals surface area contributed by atoms with Crippen LogP contribution < -0.4 is 10.1 Å². The molecule has 0 radical (unpaired) electrons. The molecule has 1 aromatic carbocycles. The van der Waals surface area contributed by atoms with Gasteiger partial charge in [-0.15, -0.1) is 0 Å². The summed E-state index contributed by atoms with van der Waals surface area (Å²) in [5.41, 5.74) is 5.43. The van der Waals surface area contributed by atoms with Gasteiger partial charge >= 0.3 is 0 Å².